The summed E-state index contributed by atoms with van der Waals surface area (Å²) in [7, 11) is 1.31. The average molecular weight is 404 g/mol. The van der Waals surface area contributed by atoms with Crippen LogP contribution in [0, 0.1) is 5.82 Å². The number of esters is 1. The van der Waals surface area contributed by atoms with Gasteiger partial charge in [0.25, 0.3) is 0 Å². The van der Waals surface area contributed by atoms with E-state index in [2.05, 4.69) is 4.74 Å². The third kappa shape index (κ3) is 3.93. The Bertz CT molecular complexity index is 1150. The third-order valence-electron chi connectivity index (χ3n) is 4.62. The lowest BCUT2D eigenvalue weighted by Gasteiger charge is -2.08. The number of fused-ring (bicyclic) bond motifs is 1. The zero-order valence-electron chi connectivity index (χ0n) is 16.1. The van der Waals surface area contributed by atoms with Gasteiger partial charge in [-0.25, -0.2) is 9.18 Å². The summed E-state index contributed by atoms with van der Waals surface area (Å²) in [6, 6.07) is 17.9. The van der Waals surface area contributed by atoms with Crippen LogP contribution in [-0.4, -0.2) is 18.9 Å². The summed E-state index contributed by atoms with van der Waals surface area (Å²) >= 11 is 0. The van der Waals surface area contributed by atoms with Gasteiger partial charge in [-0.15, -0.1) is 0 Å². The van der Waals surface area contributed by atoms with Crippen LogP contribution >= 0.6 is 0 Å². The molecule has 0 unspecified atom stereocenters. The van der Waals surface area contributed by atoms with E-state index in [0.29, 0.717) is 33.8 Å². The van der Waals surface area contributed by atoms with Crippen LogP contribution in [0.1, 0.15) is 31.8 Å². The molecule has 1 aliphatic rings. The Balaban J connectivity index is 1.49. The number of carbonyl (C=O) groups is 2. The smallest absolute Gasteiger partial charge is 0.337 e. The van der Waals surface area contributed by atoms with Crippen LogP contribution in [0.2, 0.25) is 0 Å². The van der Waals surface area contributed by atoms with E-state index in [-0.39, 0.29) is 24.0 Å². The van der Waals surface area contributed by atoms with Crippen LogP contribution < -0.4 is 9.47 Å². The van der Waals surface area contributed by atoms with E-state index < -0.39 is 5.97 Å². The Labute approximate surface area is 172 Å². The molecule has 0 N–H and O–H groups in total. The molecule has 0 fully saturated rings. The van der Waals surface area contributed by atoms with Crippen LogP contribution in [-0.2, 0) is 11.3 Å². The maximum atomic E-state index is 13.7. The summed E-state index contributed by atoms with van der Waals surface area (Å²) < 4.78 is 29.7. The maximum Gasteiger partial charge on any atom is 0.337 e. The molecule has 1 heterocycles. The van der Waals surface area contributed by atoms with E-state index in [1.165, 1.54) is 13.2 Å². The molecule has 0 bridgehead atoms. The number of Topliss-reactive ketones (excluding diaryl/α,β-unsaturated/α-hetero) is 1. The largest absolute Gasteiger partial charge is 0.489 e. The van der Waals surface area contributed by atoms with E-state index in [0.717, 1.165) is 0 Å². The number of rotatable bonds is 5. The molecule has 0 saturated carbocycles. The molecule has 0 spiro atoms. The minimum absolute atomic E-state index is 0.0641. The lowest BCUT2D eigenvalue weighted by atomic mass is 10.1. The van der Waals surface area contributed by atoms with Crippen molar-refractivity contribution in [2.24, 2.45) is 0 Å². The predicted octanol–water partition coefficient (Wildman–Crippen LogP) is 4.81. The van der Waals surface area contributed by atoms with Crippen molar-refractivity contribution in [3.63, 3.8) is 0 Å². The zero-order chi connectivity index (χ0) is 21.1. The van der Waals surface area contributed by atoms with E-state index in [1.54, 1.807) is 66.7 Å². The van der Waals surface area contributed by atoms with Gasteiger partial charge in [0.1, 0.15) is 23.9 Å². The summed E-state index contributed by atoms with van der Waals surface area (Å²) in [6.45, 7) is 0.0641. The van der Waals surface area contributed by atoms with Gasteiger partial charge >= 0.3 is 5.97 Å². The number of carbonyl (C=O) groups excluding carboxylic acids is 2. The predicted molar refractivity (Wildman–Crippen MR) is 108 cm³/mol. The van der Waals surface area contributed by atoms with Crippen molar-refractivity contribution >= 4 is 17.8 Å². The second kappa shape index (κ2) is 8.21. The molecule has 5 nitrogen and oxygen atoms in total. The molecule has 0 amide bonds. The average Bonchev–Trinajstić information content (AvgIpc) is 3.07. The highest BCUT2D eigenvalue weighted by Gasteiger charge is 2.27. The number of benzene rings is 3. The summed E-state index contributed by atoms with van der Waals surface area (Å²) in [5.74, 6) is -0.00652. The number of ether oxygens (including phenoxy) is 3. The first-order valence-corrected chi connectivity index (χ1v) is 9.18. The Hall–Kier alpha value is -3.93. The second-order valence-corrected chi connectivity index (χ2v) is 6.59. The molecule has 3 aromatic carbocycles. The molecule has 4 rings (SSSR count). The molecule has 0 radical (unpaired) electrons. The number of hydrogen-bond acceptors (Lipinski definition) is 5. The fourth-order valence-electron chi connectivity index (χ4n) is 3.02. The third-order valence-corrected chi connectivity index (χ3v) is 4.62. The highest BCUT2D eigenvalue weighted by molar-refractivity contribution is 6.14. The van der Waals surface area contributed by atoms with E-state index >= 15 is 0 Å². The SMILES string of the molecule is COC(=O)c1ccc(/C=C2/Oc3cc(OCc4ccccc4F)ccc3C2=O)cc1. The van der Waals surface area contributed by atoms with Crippen LogP contribution in [0.25, 0.3) is 6.08 Å². The summed E-state index contributed by atoms with van der Waals surface area (Å²) in [6.07, 6.45) is 1.60. The summed E-state index contributed by atoms with van der Waals surface area (Å²) in [4.78, 5) is 24.1. The molecular formula is C24H17FO5. The van der Waals surface area contributed by atoms with Gasteiger partial charge in [-0.3, -0.25) is 4.79 Å². The van der Waals surface area contributed by atoms with Gasteiger partial charge in [0, 0.05) is 11.6 Å². The van der Waals surface area contributed by atoms with Gasteiger partial charge in [-0.2, -0.15) is 0 Å². The number of methoxy groups -OCH3 is 1. The molecule has 0 atom stereocenters. The van der Waals surface area contributed by atoms with Crippen molar-refractivity contribution in [1.29, 1.82) is 0 Å². The maximum absolute atomic E-state index is 13.7. The van der Waals surface area contributed by atoms with Crippen molar-refractivity contribution in [3.05, 3.63) is 101 Å². The molecule has 30 heavy (non-hydrogen) atoms. The van der Waals surface area contributed by atoms with Crippen molar-refractivity contribution in [2.45, 2.75) is 6.61 Å². The standard InChI is InChI=1S/C24H17FO5/c1-28-24(27)16-8-6-15(7-9-16)12-22-23(26)19-11-10-18(13-21(19)30-22)29-14-17-4-2-3-5-20(17)25/h2-13H,14H2,1H3/b22-12+. The lowest BCUT2D eigenvalue weighted by Crippen LogP contribution is -2.01. The number of hydrogen-bond donors (Lipinski definition) is 0. The highest BCUT2D eigenvalue weighted by atomic mass is 19.1. The Morgan fingerprint density at radius 3 is 2.57 bits per heavy atom. The van der Waals surface area contributed by atoms with Crippen molar-refractivity contribution in [1.82, 2.24) is 0 Å². The van der Waals surface area contributed by atoms with E-state index in [4.69, 9.17) is 9.47 Å². The first-order valence-electron chi connectivity index (χ1n) is 9.18. The molecule has 1 aliphatic heterocycles. The minimum atomic E-state index is -0.433. The first-order chi connectivity index (χ1) is 14.5. The summed E-state index contributed by atoms with van der Waals surface area (Å²) in [5, 5.41) is 0. The number of allylic oxidation sites excluding steroid dienone is 1. The van der Waals surface area contributed by atoms with Crippen molar-refractivity contribution < 1.29 is 28.2 Å². The molecular weight excluding hydrogens is 387 g/mol. The Morgan fingerprint density at radius 2 is 1.83 bits per heavy atom. The van der Waals surface area contributed by atoms with Crippen LogP contribution in [0.5, 0.6) is 11.5 Å². The fraction of sp³-hybridized carbons (Fsp3) is 0.0833. The molecule has 0 saturated heterocycles. The van der Waals surface area contributed by atoms with Crippen molar-refractivity contribution in [3.8, 4) is 11.5 Å². The fourth-order valence-corrected chi connectivity index (χ4v) is 3.02. The van der Waals surface area contributed by atoms with Gasteiger partial charge in [0.05, 0.1) is 18.2 Å². The van der Waals surface area contributed by atoms with Gasteiger partial charge in [0.2, 0.25) is 5.78 Å². The quantitative estimate of drug-likeness (QED) is 0.451. The molecule has 0 aromatic heterocycles. The zero-order valence-corrected chi connectivity index (χ0v) is 16.1. The molecule has 3 aromatic rings. The van der Waals surface area contributed by atoms with Crippen LogP contribution in [0.15, 0.2) is 72.5 Å². The molecule has 6 heteroatoms. The summed E-state index contributed by atoms with van der Waals surface area (Å²) in [5.41, 5.74) is 1.98. The topological polar surface area (TPSA) is 61.8 Å². The Kier molecular flexibility index (Phi) is 5.30. The van der Waals surface area contributed by atoms with E-state index in [1.807, 2.05) is 0 Å². The second-order valence-electron chi connectivity index (χ2n) is 6.59. The number of halogens is 1. The van der Waals surface area contributed by atoms with Crippen molar-refractivity contribution in [2.75, 3.05) is 7.11 Å². The lowest BCUT2D eigenvalue weighted by molar-refractivity contribution is 0.0600. The van der Waals surface area contributed by atoms with Gasteiger partial charge in [0.15, 0.2) is 5.76 Å². The minimum Gasteiger partial charge on any atom is -0.489 e. The highest BCUT2D eigenvalue weighted by Crippen LogP contribution is 2.35. The molecule has 150 valence electrons. The van der Waals surface area contributed by atoms with Gasteiger partial charge < -0.3 is 14.2 Å². The first kappa shape index (κ1) is 19.4. The van der Waals surface area contributed by atoms with Gasteiger partial charge in [-0.05, 0) is 42.0 Å². The van der Waals surface area contributed by atoms with Gasteiger partial charge in [-0.1, -0.05) is 30.3 Å². The van der Waals surface area contributed by atoms with E-state index in [9.17, 15) is 14.0 Å². The Morgan fingerprint density at radius 1 is 1.07 bits per heavy atom. The monoisotopic (exact) mass is 404 g/mol. The van der Waals surface area contributed by atoms with Crippen LogP contribution in [0.3, 0.4) is 0 Å². The normalized spacial score (nSPS) is 13.7. The molecule has 0 aliphatic carbocycles. The number of ketones is 1. The van der Waals surface area contributed by atoms with Crippen LogP contribution in [0.4, 0.5) is 4.39 Å².